The Morgan fingerprint density at radius 3 is 2.33 bits per heavy atom. The van der Waals surface area contributed by atoms with E-state index in [0.29, 0.717) is 13.0 Å². The third kappa shape index (κ3) is 6.50. The molecule has 1 saturated heterocycles. The molecule has 2 rings (SSSR count). The van der Waals surface area contributed by atoms with E-state index < -0.39 is 11.8 Å². The average molecular weight is 378 g/mol. The number of carbonyl (C=O) groups excluding carboxylic acids is 2. The molecule has 0 aromatic heterocycles. The van der Waals surface area contributed by atoms with Crippen molar-refractivity contribution in [3.05, 3.63) is 29.8 Å². The molecule has 2 amide bonds. The van der Waals surface area contributed by atoms with Gasteiger partial charge in [-0.25, -0.2) is 0 Å². The molecule has 0 radical (unpaired) electrons. The maximum atomic E-state index is 12.1. The van der Waals surface area contributed by atoms with Crippen LogP contribution in [0.4, 0.5) is 0 Å². The van der Waals surface area contributed by atoms with Gasteiger partial charge >= 0.3 is 11.8 Å². The number of hydrogen-bond donors (Lipinski definition) is 3. The van der Waals surface area contributed by atoms with Gasteiger partial charge in [0.25, 0.3) is 0 Å². The molecule has 8 nitrogen and oxygen atoms in total. The fourth-order valence-electron chi connectivity index (χ4n) is 3.05. The second-order valence-corrected chi connectivity index (χ2v) is 6.67. The third-order valence-electron chi connectivity index (χ3n) is 4.76. The number of aliphatic hydroxyl groups is 1. The number of aliphatic hydroxyl groups excluding tert-OH is 1. The van der Waals surface area contributed by atoms with Crippen molar-refractivity contribution < 1.29 is 19.4 Å². The second-order valence-electron chi connectivity index (χ2n) is 6.67. The maximum absolute atomic E-state index is 12.1. The van der Waals surface area contributed by atoms with Crippen LogP contribution in [0.15, 0.2) is 24.3 Å². The van der Waals surface area contributed by atoms with Gasteiger partial charge in [-0.15, -0.1) is 0 Å². The Kier molecular flexibility index (Phi) is 8.50. The van der Waals surface area contributed by atoms with Gasteiger partial charge in [-0.3, -0.25) is 14.5 Å². The maximum Gasteiger partial charge on any atom is 0.309 e. The van der Waals surface area contributed by atoms with Gasteiger partial charge in [0, 0.05) is 45.9 Å². The van der Waals surface area contributed by atoms with Crippen LogP contribution in [0, 0.1) is 0 Å². The number of benzene rings is 1. The molecular formula is C19H30N4O4. The van der Waals surface area contributed by atoms with Crippen LogP contribution in [0.25, 0.3) is 0 Å². The van der Waals surface area contributed by atoms with E-state index in [4.69, 9.17) is 9.84 Å². The number of nitrogens with one attached hydrogen (secondary N) is 2. The van der Waals surface area contributed by atoms with E-state index in [-0.39, 0.29) is 19.2 Å². The average Bonchev–Trinajstić information content (AvgIpc) is 2.69. The fourth-order valence-corrected chi connectivity index (χ4v) is 3.05. The van der Waals surface area contributed by atoms with E-state index in [2.05, 4.69) is 27.5 Å². The highest BCUT2D eigenvalue weighted by atomic mass is 16.5. The summed E-state index contributed by atoms with van der Waals surface area (Å²) in [5.41, 5.74) is 1.07. The van der Waals surface area contributed by atoms with Gasteiger partial charge < -0.3 is 25.4 Å². The molecule has 3 N–H and O–H groups in total. The van der Waals surface area contributed by atoms with E-state index in [1.807, 2.05) is 24.3 Å². The quantitative estimate of drug-likeness (QED) is 0.421. The molecule has 1 aliphatic rings. The summed E-state index contributed by atoms with van der Waals surface area (Å²) in [4.78, 5) is 28.5. The predicted molar refractivity (Wildman–Crippen MR) is 103 cm³/mol. The van der Waals surface area contributed by atoms with Gasteiger partial charge in [-0.1, -0.05) is 12.1 Å². The predicted octanol–water partition coefficient (Wildman–Crippen LogP) is -0.401. The Hall–Kier alpha value is -2.16. The summed E-state index contributed by atoms with van der Waals surface area (Å²) in [5, 5.41) is 14.0. The minimum atomic E-state index is -0.671. The van der Waals surface area contributed by atoms with Gasteiger partial charge in [0.1, 0.15) is 5.75 Å². The van der Waals surface area contributed by atoms with Crippen LogP contribution in [-0.2, 0) is 9.59 Å². The number of carbonyl (C=O) groups is 2. The SMILES string of the molecule is COc1ccc(C(CNC(=O)C(=O)NCCCO)N2CCN(C)CC2)cc1. The summed E-state index contributed by atoms with van der Waals surface area (Å²) >= 11 is 0. The number of rotatable bonds is 8. The van der Waals surface area contributed by atoms with E-state index >= 15 is 0 Å². The van der Waals surface area contributed by atoms with Gasteiger partial charge in [-0.05, 0) is 31.2 Å². The van der Waals surface area contributed by atoms with Gasteiger partial charge in [0.15, 0.2) is 0 Å². The first-order valence-electron chi connectivity index (χ1n) is 9.28. The lowest BCUT2D eigenvalue weighted by atomic mass is 10.0. The van der Waals surface area contributed by atoms with Crippen molar-refractivity contribution in [2.75, 3.05) is 60.0 Å². The number of piperazine rings is 1. The Labute approximate surface area is 160 Å². The van der Waals surface area contributed by atoms with Gasteiger partial charge in [0.2, 0.25) is 0 Å². The summed E-state index contributed by atoms with van der Waals surface area (Å²) in [6.45, 7) is 4.32. The van der Waals surface area contributed by atoms with Crippen LogP contribution in [-0.4, -0.2) is 86.8 Å². The van der Waals surface area contributed by atoms with E-state index in [1.165, 1.54) is 0 Å². The van der Waals surface area contributed by atoms with Crippen molar-refractivity contribution in [1.29, 1.82) is 0 Å². The Morgan fingerprint density at radius 2 is 1.74 bits per heavy atom. The van der Waals surface area contributed by atoms with Crippen molar-refractivity contribution in [1.82, 2.24) is 20.4 Å². The smallest absolute Gasteiger partial charge is 0.309 e. The third-order valence-corrected chi connectivity index (χ3v) is 4.76. The van der Waals surface area contributed by atoms with Crippen molar-refractivity contribution in [3.63, 3.8) is 0 Å². The molecule has 1 fully saturated rings. The molecule has 1 heterocycles. The van der Waals surface area contributed by atoms with Crippen LogP contribution in [0.3, 0.4) is 0 Å². The molecule has 1 unspecified atom stereocenters. The highest BCUT2D eigenvalue weighted by Gasteiger charge is 2.25. The van der Waals surface area contributed by atoms with Gasteiger partial charge in [0.05, 0.1) is 13.2 Å². The van der Waals surface area contributed by atoms with Crippen molar-refractivity contribution in [3.8, 4) is 5.75 Å². The zero-order valence-corrected chi connectivity index (χ0v) is 16.1. The van der Waals surface area contributed by atoms with Gasteiger partial charge in [-0.2, -0.15) is 0 Å². The first-order valence-corrected chi connectivity index (χ1v) is 9.28. The van der Waals surface area contributed by atoms with Crippen molar-refractivity contribution >= 4 is 11.8 Å². The molecule has 27 heavy (non-hydrogen) atoms. The topological polar surface area (TPSA) is 94.1 Å². The Balaban J connectivity index is 2.01. The molecule has 150 valence electrons. The number of ether oxygens (including phenoxy) is 1. The highest BCUT2D eigenvalue weighted by molar-refractivity contribution is 6.35. The zero-order valence-electron chi connectivity index (χ0n) is 16.1. The summed E-state index contributed by atoms with van der Waals surface area (Å²) in [5.74, 6) is -0.543. The summed E-state index contributed by atoms with van der Waals surface area (Å²) < 4.78 is 5.22. The number of amides is 2. The fraction of sp³-hybridized carbons (Fsp3) is 0.579. The molecule has 0 saturated carbocycles. The number of methoxy groups -OCH3 is 1. The minimum absolute atomic E-state index is 0.0150. The number of likely N-dealkylation sites (N-methyl/N-ethyl adjacent to an activating group) is 1. The molecule has 1 aromatic rings. The Bertz CT molecular complexity index is 600. The Morgan fingerprint density at radius 1 is 1.11 bits per heavy atom. The van der Waals surface area contributed by atoms with Crippen LogP contribution >= 0.6 is 0 Å². The molecular weight excluding hydrogens is 348 g/mol. The van der Waals surface area contributed by atoms with E-state index in [0.717, 1.165) is 37.5 Å². The van der Waals surface area contributed by atoms with Crippen LogP contribution in [0.2, 0.25) is 0 Å². The van der Waals surface area contributed by atoms with Crippen molar-refractivity contribution in [2.24, 2.45) is 0 Å². The van der Waals surface area contributed by atoms with Crippen LogP contribution in [0.5, 0.6) is 5.75 Å². The summed E-state index contributed by atoms with van der Waals surface area (Å²) in [7, 11) is 3.72. The zero-order chi connectivity index (χ0) is 19.6. The lowest BCUT2D eigenvalue weighted by molar-refractivity contribution is -0.139. The summed E-state index contributed by atoms with van der Waals surface area (Å²) in [6, 6.07) is 7.78. The highest BCUT2D eigenvalue weighted by Crippen LogP contribution is 2.23. The lowest BCUT2D eigenvalue weighted by Crippen LogP contribution is -2.49. The molecule has 0 spiro atoms. The minimum Gasteiger partial charge on any atom is -0.497 e. The van der Waals surface area contributed by atoms with Crippen LogP contribution in [0.1, 0.15) is 18.0 Å². The number of nitrogens with zero attached hydrogens (tertiary/aromatic N) is 2. The molecule has 1 aromatic carbocycles. The molecule has 0 aliphatic carbocycles. The molecule has 1 atom stereocenters. The number of hydrogen-bond acceptors (Lipinski definition) is 6. The monoisotopic (exact) mass is 378 g/mol. The van der Waals surface area contributed by atoms with E-state index in [9.17, 15) is 9.59 Å². The molecule has 1 aliphatic heterocycles. The first-order chi connectivity index (χ1) is 13.0. The molecule has 0 bridgehead atoms. The second kappa shape index (κ2) is 10.9. The summed E-state index contributed by atoms with van der Waals surface area (Å²) in [6.07, 6.45) is 0.425. The van der Waals surface area contributed by atoms with Crippen molar-refractivity contribution in [2.45, 2.75) is 12.5 Å². The van der Waals surface area contributed by atoms with Crippen LogP contribution < -0.4 is 15.4 Å². The first kappa shape index (κ1) is 21.1. The normalized spacial score (nSPS) is 16.6. The largest absolute Gasteiger partial charge is 0.497 e. The molecule has 8 heteroatoms. The standard InChI is InChI=1S/C19H30N4O4/c1-22-9-11-23(12-10-22)17(15-4-6-16(27-2)7-5-15)14-21-19(26)18(25)20-8-3-13-24/h4-7,17,24H,3,8-14H2,1-2H3,(H,20,25)(H,21,26). The lowest BCUT2D eigenvalue weighted by Gasteiger charge is -2.38. The van der Waals surface area contributed by atoms with E-state index in [1.54, 1.807) is 7.11 Å².